The maximum Gasteiger partial charge on any atom is 0.272 e. The summed E-state index contributed by atoms with van der Waals surface area (Å²) < 4.78 is 39.1. The topological polar surface area (TPSA) is 82.0 Å². The predicted molar refractivity (Wildman–Crippen MR) is 114 cm³/mol. The second-order valence-corrected chi connectivity index (χ2v) is 8.68. The number of nitrogens with one attached hydrogen (secondary N) is 2. The molecular formula is C22H24N3O4S+. The van der Waals surface area contributed by atoms with Gasteiger partial charge in [-0.15, -0.1) is 0 Å². The van der Waals surface area contributed by atoms with Crippen LogP contribution in [0.1, 0.15) is 6.92 Å². The Morgan fingerprint density at radius 3 is 2.47 bits per heavy atom. The lowest BCUT2D eigenvalue weighted by molar-refractivity contribution is -0.364. The van der Waals surface area contributed by atoms with Gasteiger partial charge in [-0.2, -0.15) is 0 Å². The average molecular weight is 427 g/mol. The van der Waals surface area contributed by atoms with Gasteiger partial charge in [-0.25, -0.2) is 13.4 Å². The second kappa shape index (κ2) is 8.62. The maximum absolute atomic E-state index is 13.0. The summed E-state index contributed by atoms with van der Waals surface area (Å²) in [5.41, 5.74) is 0.636. The van der Waals surface area contributed by atoms with Gasteiger partial charge in [0.1, 0.15) is 24.2 Å². The molecule has 156 valence electrons. The smallest absolute Gasteiger partial charge is 0.272 e. The highest BCUT2D eigenvalue weighted by Crippen LogP contribution is 2.30. The number of sulfonamides is 1. The molecule has 0 bridgehead atoms. The highest BCUT2D eigenvalue weighted by Gasteiger charge is 2.26. The molecule has 3 aromatic rings. The van der Waals surface area contributed by atoms with Crippen LogP contribution in [0.5, 0.6) is 11.5 Å². The molecule has 1 aliphatic heterocycles. The summed E-state index contributed by atoms with van der Waals surface area (Å²) in [5.74, 6) is 2.16. The van der Waals surface area contributed by atoms with Crippen molar-refractivity contribution in [1.82, 2.24) is 0 Å². The molecule has 0 saturated carbocycles. The Labute approximate surface area is 176 Å². The van der Waals surface area contributed by atoms with E-state index in [0.717, 1.165) is 11.5 Å². The minimum Gasteiger partial charge on any atom is -0.486 e. The van der Waals surface area contributed by atoms with Crippen molar-refractivity contribution in [2.24, 2.45) is 0 Å². The van der Waals surface area contributed by atoms with E-state index in [1.54, 1.807) is 24.3 Å². The molecule has 1 aliphatic rings. The molecule has 4 rings (SSSR count). The van der Waals surface area contributed by atoms with E-state index in [-0.39, 0.29) is 11.0 Å². The highest BCUT2D eigenvalue weighted by molar-refractivity contribution is 7.92. The number of H-pyrrole nitrogens is 1. The van der Waals surface area contributed by atoms with E-state index in [4.69, 9.17) is 9.47 Å². The number of aromatic amines is 1. The van der Waals surface area contributed by atoms with E-state index >= 15 is 0 Å². The van der Waals surface area contributed by atoms with Crippen LogP contribution in [-0.2, 0) is 10.0 Å². The maximum atomic E-state index is 13.0. The molecule has 8 heteroatoms. The summed E-state index contributed by atoms with van der Waals surface area (Å²) >= 11 is 0. The molecule has 0 fully saturated rings. The zero-order chi connectivity index (χ0) is 21.0. The molecule has 2 aromatic carbocycles. The van der Waals surface area contributed by atoms with Crippen LogP contribution in [0.15, 0.2) is 77.8 Å². The van der Waals surface area contributed by atoms with Crippen LogP contribution in [0.25, 0.3) is 0 Å². The monoisotopic (exact) mass is 426 g/mol. The summed E-state index contributed by atoms with van der Waals surface area (Å²) in [6.45, 7) is 3.11. The molecule has 0 spiro atoms. The van der Waals surface area contributed by atoms with Crippen LogP contribution >= 0.6 is 0 Å². The van der Waals surface area contributed by atoms with Gasteiger partial charge in [-0.05, 0) is 37.3 Å². The summed E-state index contributed by atoms with van der Waals surface area (Å²) in [6, 6.07) is 19.9. The van der Waals surface area contributed by atoms with E-state index < -0.39 is 10.0 Å². The van der Waals surface area contributed by atoms with Gasteiger partial charge in [0.05, 0.1) is 5.69 Å². The average Bonchev–Trinajstić information content (AvgIpc) is 2.79. The van der Waals surface area contributed by atoms with Crippen LogP contribution in [0, 0.1) is 0 Å². The largest absolute Gasteiger partial charge is 0.486 e. The van der Waals surface area contributed by atoms with Crippen molar-refractivity contribution in [3.63, 3.8) is 0 Å². The molecule has 2 heterocycles. The first-order chi connectivity index (χ1) is 14.6. The summed E-state index contributed by atoms with van der Waals surface area (Å²) in [4.78, 5) is 3.22. The third kappa shape index (κ3) is 4.18. The molecule has 1 aromatic heterocycles. The van der Waals surface area contributed by atoms with Gasteiger partial charge in [0, 0.05) is 12.6 Å². The molecule has 2 N–H and O–H groups in total. The van der Waals surface area contributed by atoms with Crippen LogP contribution in [0.3, 0.4) is 0 Å². The number of benzene rings is 2. The minimum absolute atomic E-state index is 0.148. The third-order valence-corrected chi connectivity index (χ3v) is 6.69. The number of hydrogen-bond acceptors (Lipinski definition) is 5. The molecule has 7 nitrogen and oxygen atoms in total. The minimum atomic E-state index is -3.66. The van der Waals surface area contributed by atoms with Gasteiger partial charge in [-0.3, -0.25) is 9.62 Å². The quantitative estimate of drug-likeness (QED) is 0.628. The van der Waals surface area contributed by atoms with Crippen molar-refractivity contribution >= 4 is 21.5 Å². The summed E-state index contributed by atoms with van der Waals surface area (Å²) in [7, 11) is -3.66. The number of nitrogens with zero attached hydrogens (tertiary/aromatic N) is 1. The third-order valence-electron chi connectivity index (χ3n) is 4.79. The Hall–Kier alpha value is -3.26. The van der Waals surface area contributed by atoms with Crippen molar-refractivity contribution < 1.29 is 22.9 Å². The normalized spacial score (nSPS) is 15.4. The number of para-hydroxylation sites is 3. The zero-order valence-electron chi connectivity index (χ0n) is 16.6. The summed E-state index contributed by atoms with van der Waals surface area (Å²) in [6.07, 6.45) is 1.35. The Balaban J connectivity index is 1.41. The van der Waals surface area contributed by atoms with Crippen LogP contribution in [-0.4, -0.2) is 34.2 Å². The Morgan fingerprint density at radius 2 is 1.77 bits per heavy atom. The molecule has 1 atom stereocenters. The number of pyridine rings is 1. The first-order valence-electron chi connectivity index (χ1n) is 9.80. The summed E-state index contributed by atoms with van der Waals surface area (Å²) in [5, 5.41) is 3.23. The van der Waals surface area contributed by atoms with E-state index in [1.807, 2.05) is 49.4 Å². The van der Waals surface area contributed by atoms with Crippen molar-refractivity contribution in [3.05, 3.63) is 72.9 Å². The van der Waals surface area contributed by atoms with Crippen LogP contribution in [0.2, 0.25) is 0 Å². The molecule has 0 amide bonds. The number of fused-ring (bicyclic) bond motifs is 1. The van der Waals surface area contributed by atoms with Gasteiger partial charge in [0.2, 0.25) is 0 Å². The predicted octanol–water partition coefficient (Wildman–Crippen LogP) is 2.97. The molecule has 0 radical (unpaired) electrons. The second-order valence-electron chi connectivity index (χ2n) is 6.82. The molecule has 0 aliphatic carbocycles. The fraction of sp³-hybridized carbons (Fsp3) is 0.227. The zero-order valence-corrected chi connectivity index (χ0v) is 17.4. The fourth-order valence-corrected chi connectivity index (χ4v) is 4.72. The van der Waals surface area contributed by atoms with Gasteiger partial charge in [0.15, 0.2) is 17.6 Å². The SMILES string of the molecule is CCN(c1ccccc1)S(=O)(=O)c1ccc(NC[C@H]2COc3ccccc3O2)[nH+]c1. The first kappa shape index (κ1) is 20.0. The number of aromatic nitrogens is 1. The number of anilines is 2. The van der Waals surface area contributed by atoms with E-state index in [2.05, 4.69) is 10.3 Å². The lowest BCUT2D eigenvalue weighted by Gasteiger charge is -2.25. The van der Waals surface area contributed by atoms with E-state index in [1.165, 1.54) is 10.5 Å². The van der Waals surface area contributed by atoms with Gasteiger partial charge in [-0.1, -0.05) is 30.3 Å². The van der Waals surface area contributed by atoms with Crippen molar-refractivity contribution in [2.75, 3.05) is 29.3 Å². The fourth-order valence-electron chi connectivity index (χ4n) is 3.28. The Bertz CT molecular complexity index is 1090. The Morgan fingerprint density at radius 1 is 1.03 bits per heavy atom. The van der Waals surface area contributed by atoms with Gasteiger partial charge in [0.25, 0.3) is 15.8 Å². The first-order valence-corrected chi connectivity index (χ1v) is 11.2. The number of rotatable bonds is 7. The molecule has 30 heavy (non-hydrogen) atoms. The van der Waals surface area contributed by atoms with Gasteiger partial charge < -0.3 is 9.47 Å². The number of ether oxygens (including phenoxy) is 2. The van der Waals surface area contributed by atoms with Crippen molar-refractivity contribution in [1.29, 1.82) is 0 Å². The van der Waals surface area contributed by atoms with Crippen molar-refractivity contribution in [3.8, 4) is 11.5 Å². The number of hydrogen-bond donors (Lipinski definition) is 1. The van der Waals surface area contributed by atoms with Crippen LogP contribution in [0.4, 0.5) is 11.5 Å². The standard InChI is InChI=1S/C22H23N3O4S/c1-2-25(17-8-4-3-5-9-17)30(26,27)19-12-13-22(24-15-19)23-14-18-16-28-20-10-6-7-11-21(20)29-18/h3-13,15,18H,2,14,16H2,1H3,(H,23,24)/p+1/t18-/m0/s1. The van der Waals surface area contributed by atoms with E-state index in [9.17, 15) is 8.42 Å². The van der Waals surface area contributed by atoms with Crippen LogP contribution < -0.4 is 24.1 Å². The van der Waals surface area contributed by atoms with Gasteiger partial charge >= 0.3 is 0 Å². The van der Waals surface area contributed by atoms with Crippen molar-refractivity contribution in [2.45, 2.75) is 17.9 Å². The Kier molecular flexibility index (Phi) is 5.76. The molecular weight excluding hydrogens is 402 g/mol. The van der Waals surface area contributed by atoms with E-state index in [0.29, 0.717) is 31.2 Å². The molecule has 0 saturated heterocycles. The lowest BCUT2D eigenvalue weighted by Crippen LogP contribution is -2.36. The highest BCUT2D eigenvalue weighted by atomic mass is 32.2. The lowest BCUT2D eigenvalue weighted by atomic mass is 10.2. The molecule has 0 unspecified atom stereocenters.